The minimum atomic E-state index is -0.369. The van der Waals surface area contributed by atoms with E-state index in [9.17, 15) is 9.59 Å². The van der Waals surface area contributed by atoms with Crippen LogP contribution in [-0.2, 0) is 20.1 Å². The fraction of sp³-hybridized carbons (Fsp3) is 0.321. The molecule has 382 valence electrons. The molecule has 1 saturated heterocycles. The molecule has 8 aromatic rings. The Kier molecular flexibility index (Phi) is 13.9. The molecule has 0 radical (unpaired) electrons. The van der Waals surface area contributed by atoms with E-state index >= 15 is 0 Å². The molecule has 3 aliphatic rings. The average molecular weight is 1060 g/mol. The summed E-state index contributed by atoms with van der Waals surface area (Å²) in [6.07, 6.45) is 6.42. The number of hydrogen-bond donors (Lipinski definition) is 2. The van der Waals surface area contributed by atoms with Crippen LogP contribution in [0.1, 0.15) is 136 Å². The Labute approximate surface area is 439 Å². The van der Waals surface area contributed by atoms with Crippen molar-refractivity contribution in [1.29, 1.82) is 0 Å². The van der Waals surface area contributed by atoms with Crippen molar-refractivity contribution in [1.82, 2.24) is 30.7 Å². The first kappa shape index (κ1) is 51.6. The number of amides is 2. The third kappa shape index (κ3) is 9.57. The van der Waals surface area contributed by atoms with E-state index < -0.39 is 0 Å². The number of halogens is 1. The number of carbonyl (C=O) groups is 2. The fourth-order valence-electron chi connectivity index (χ4n) is 9.40. The van der Waals surface area contributed by atoms with Crippen LogP contribution in [0.4, 0.5) is 11.4 Å². The molecule has 2 unspecified atom stereocenters. The van der Waals surface area contributed by atoms with Crippen molar-refractivity contribution in [3.63, 3.8) is 0 Å². The van der Waals surface area contributed by atoms with E-state index in [0.29, 0.717) is 11.4 Å². The van der Waals surface area contributed by atoms with Crippen molar-refractivity contribution < 1.29 is 37.4 Å². The molecular weight excluding hydrogens is 1000 g/mol. The second kappa shape index (κ2) is 19.9. The van der Waals surface area contributed by atoms with Crippen LogP contribution in [0.3, 0.4) is 0 Å². The van der Waals surface area contributed by atoms with E-state index in [0.717, 1.165) is 77.6 Å². The number of aromatic nitrogens is 6. The molecule has 18 heteroatoms. The summed E-state index contributed by atoms with van der Waals surface area (Å²) in [6, 6.07) is 30.5. The molecule has 16 nitrogen and oxygen atoms in total. The molecule has 2 amide bonds. The second-order valence-corrected chi connectivity index (χ2v) is 22.3. The molecule has 2 N–H and O–H groups in total. The highest BCUT2D eigenvalue weighted by atomic mass is 79.9. The Morgan fingerprint density at radius 1 is 0.595 bits per heavy atom. The molecular formula is C56H60BBrN8O8. The number of H-pyrrole nitrogens is 2. The molecule has 74 heavy (non-hydrogen) atoms. The summed E-state index contributed by atoms with van der Waals surface area (Å²) in [5.74, 6) is 1.22. The van der Waals surface area contributed by atoms with E-state index in [4.69, 9.17) is 27.8 Å². The number of rotatable bonds is 8. The zero-order valence-corrected chi connectivity index (χ0v) is 45.2. The van der Waals surface area contributed by atoms with Gasteiger partial charge in [0, 0.05) is 71.3 Å². The van der Waals surface area contributed by atoms with Gasteiger partial charge in [-0.3, -0.25) is 29.6 Å². The Morgan fingerprint density at radius 2 is 1.03 bits per heavy atom. The topological polar surface area (TPSA) is 187 Å². The van der Waals surface area contributed by atoms with E-state index in [1.54, 1.807) is 44.0 Å². The number of methoxy groups -OCH3 is 2. The minimum Gasteiger partial charge on any atom is -0.496 e. The normalized spacial score (nSPS) is 17.6. The lowest BCUT2D eigenvalue weighted by molar-refractivity contribution is 0.00578. The van der Waals surface area contributed by atoms with Crippen molar-refractivity contribution >= 4 is 51.7 Å². The maximum absolute atomic E-state index is 13.6. The number of hydrogen-bond acceptors (Lipinski definition) is 12. The molecule has 3 aliphatic heterocycles. The summed E-state index contributed by atoms with van der Waals surface area (Å²) in [7, 11) is 2.93. The average Bonchev–Trinajstić information content (AvgIpc) is 4.24. The lowest BCUT2D eigenvalue weighted by atomic mass is 9.82. The number of nitrogens with one attached hydrogen (secondary N) is 2. The highest BCUT2D eigenvalue weighted by Gasteiger charge is 2.52. The lowest BCUT2D eigenvalue weighted by Crippen LogP contribution is -2.41. The standard InChI is InChI=1S/C25H24N4O3.C22H22BrN3O2.C9H14BNO3/c1-25(2,3)23-20-21(27-28-23)24(30)29(22(20)18-7-5-6-8-19(18)31-4)17-11-9-15(10-12-17)16-13-26-32-14-16;1-22(2,3)20-17-18(24-25-20)21(27)26(14-11-9-13(23)10-12-14)19(17)15-7-5-6-8-16(15)28-4;1-8(2)9(3,4)14-10(13-8)7-5-11-12-6-7/h5-14,22H,1-4H3,(H,27,28);5-12,19H,1-4H3,(H,24,25);5-6H,1-4H3. The van der Waals surface area contributed by atoms with Gasteiger partial charge in [0.05, 0.1) is 49.9 Å². The van der Waals surface area contributed by atoms with Gasteiger partial charge in [-0.2, -0.15) is 10.2 Å². The number of para-hydroxylation sites is 2. The monoisotopic (exact) mass is 1060 g/mol. The van der Waals surface area contributed by atoms with Crippen molar-refractivity contribution in [3.8, 4) is 22.6 Å². The van der Waals surface area contributed by atoms with Gasteiger partial charge in [-0.25, -0.2) is 0 Å². The van der Waals surface area contributed by atoms with Crippen molar-refractivity contribution in [2.24, 2.45) is 0 Å². The van der Waals surface area contributed by atoms with Crippen LogP contribution in [0.15, 0.2) is 136 Å². The van der Waals surface area contributed by atoms with Crippen LogP contribution in [-0.4, -0.2) is 75.1 Å². The maximum atomic E-state index is 13.6. The molecule has 0 spiro atoms. The van der Waals surface area contributed by atoms with Crippen LogP contribution in [0.5, 0.6) is 11.5 Å². The van der Waals surface area contributed by atoms with E-state index in [1.807, 2.05) is 130 Å². The van der Waals surface area contributed by atoms with Crippen LogP contribution in [0, 0.1) is 0 Å². The van der Waals surface area contributed by atoms with Gasteiger partial charge in [0.2, 0.25) is 0 Å². The summed E-state index contributed by atoms with van der Waals surface area (Å²) < 4.78 is 33.6. The number of aromatic amines is 2. The lowest BCUT2D eigenvalue weighted by Gasteiger charge is -2.32. The van der Waals surface area contributed by atoms with E-state index in [2.05, 4.69) is 88.2 Å². The van der Waals surface area contributed by atoms with Crippen molar-refractivity contribution in [2.75, 3.05) is 24.0 Å². The number of carbonyl (C=O) groups excluding carboxylic acids is 2. The molecule has 0 bridgehead atoms. The number of anilines is 2. The molecule has 2 atom stereocenters. The molecule has 4 aromatic heterocycles. The van der Waals surface area contributed by atoms with Crippen molar-refractivity contribution in [3.05, 3.63) is 171 Å². The summed E-state index contributed by atoms with van der Waals surface area (Å²) >= 11 is 3.47. The van der Waals surface area contributed by atoms with Gasteiger partial charge in [0.1, 0.15) is 24.0 Å². The third-order valence-corrected chi connectivity index (χ3v) is 14.4. The smallest absolute Gasteiger partial charge is 0.496 e. The fourth-order valence-corrected chi connectivity index (χ4v) is 9.67. The first-order valence-electron chi connectivity index (χ1n) is 24.3. The predicted molar refractivity (Wildman–Crippen MR) is 286 cm³/mol. The van der Waals surface area contributed by atoms with Crippen molar-refractivity contribution in [2.45, 2.75) is 103 Å². The Morgan fingerprint density at radius 3 is 1.43 bits per heavy atom. The summed E-state index contributed by atoms with van der Waals surface area (Å²) in [5, 5.41) is 22.5. The molecule has 11 rings (SSSR count). The zero-order valence-electron chi connectivity index (χ0n) is 43.6. The Bertz CT molecular complexity index is 3250. The first-order valence-corrected chi connectivity index (χ1v) is 25.0. The van der Waals surface area contributed by atoms with Crippen LogP contribution in [0.2, 0.25) is 0 Å². The number of nitrogens with zero attached hydrogens (tertiary/aromatic N) is 6. The van der Waals surface area contributed by atoms with E-state index in [-0.39, 0.29) is 53.0 Å². The second-order valence-electron chi connectivity index (χ2n) is 21.3. The van der Waals surface area contributed by atoms with Crippen LogP contribution in [0.25, 0.3) is 11.1 Å². The Hall–Kier alpha value is -7.28. The third-order valence-electron chi connectivity index (χ3n) is 13.9. The molecule has 1 fully saturated rings. The number of ether oxygens (including phenoxy) is 2. The highest BCUT2D eigenvalue weighted by Crippen LogP contribution is 2.49. The quantitative estimate of drug-likeness (QED) is 0.137. The molecule has 0 saturated carbocycles. The molecule has 0 aliphatic carbocycles. The summed E-state index contributed by atoms with van der Waals surface area (Å²) in [5.41, 5.74) is 9.76. The maximum Gasteiger partial charge on any atom is 0.499 e. The SMILES string of the molecule is CC1(C)OB(c2cnoc2)OC1(C)C.COc1ccccc1C1c2c(n[nH]c2C(C)(C)C)C(=O)N1c1ccc(-c2cnoc2)cc1.COc1ccccc1C1c2c(n[nH]c2C(C)(C)C)C(=O)N1c1ccc(Br)cc1. The summed E-state index contributed by atoms with van der Waals surface area (Å²) in [6.45, 7) is 20.7. The van der Waals surface area contributed by atoms with Gasteiger partial charge in [0.25, 0.3) is 11.8 Å². The largest absolute Gasteiger partial charge is 0.499 e. The Balaban J connectivity index is 0.000000146. The highest BCUT2D eigenvalue weighted by molar-refractivity contribution is 9.10. The zero-order chi connectivity index (χ0) is 52.9. The van der Waals surface area contributed by atoms with E-state index in [1.165, 1.54) is 0 Å². The van der Waals surface area contributed by atoms with Crippen LogP contribution >= 0.6 is 15.9 Å². The number of benzene rings is 4. The first-order chi connectivity index (χ1) is 35.1. The van der Waals surface area contributed by atoms with Gasteiger partial charge in [0.15, 0.2) is 11.4 Å². The van der Waals surface area contributed by atoms with Gasteiger partial charge in [-0.15, -0.1) is 0 Å². The summed E-state index contributed by atoms with van der Waals surface area (Å²) in [4.78, 5) is 30.6. The number of fused-ring (bicyclic) bond motifs is 2. The minimum absolute atomic E-state index is 0.111. The molecule has 7 heterocycles. The van der Waals surface area contributed by atoms with Gasteiger partial charge < -0.3 is 27.8 Å². The predicted octanol–water partition coefficient (Wildman–Crippen LogP) is 11.3. The van der Waals surface area contributed by atoms with Crippen LogP contribution < -0.4 is 24.7 Å². The van der Waals surface area contributed by atoms with Gasteiger partial charge in [-0.1, -0.05) is 116 Å². The van der Waals surface area contributed by atoms with Gasteiger partial charge >= 0.3 is 7.12 Å². The molecule has 4 aromatic carbocycles. The van der Waals surface area contributed by atoms with Gasteiger partial charge in [-0.05, 0) is 81.8 Å².